The van der Waals surface area contributed by atoms with Crippen LogP contribution in [-0.2, 0) is 6.42 Å². The lowest BCUT2D eigenvalue weighted by Gasteiger charge is -2.20. The van der Waals surface area contributed by atoms with Crippen molar-refractivity contribution in [2.75, 3.05) is 0 Å². The van der Waals surface area contributed by atoms with Crippen LogP contribution < -0.4 is 5.56 Å². The van der Waals surface area contributed by atoms with Gasteiger partial charge in [-0.3, -0.25) is 14.5 Å². The molecule has 5 rings (SSSR count). The summed E-state index contributed by atoms with van der Waals surface area (Å²) in [6, 6.07) is 13.6. The highest BCUT2D eigenvalue weighted by molar-refractivity contribution is 6.03. The minimum atomic E-state index is -0.0399. The summed E-state index contributed by atoms with van der Waals surface area (Å²) in [6.45, 7) is 0. The van der Waals surface area contributed by atoms with Gasteiger partial charge < -0.3 is 0 Å². The summed E-state index contributed by atoms with van der Waals surface area (Å²) in [7, 11) is 0. The van der Waals surface area contributed by atoms with Gasteiger partial charge in [0, 0.05) is 11.6 Å². The summed E-state index contributed by atoms with van der Waals surface area (Å²) >= 11 is 0. The smallest absolute Gasteiger partial charge is 0.268 e. The molecule has 1 N–H and O–H groups in total. The van der Waals surface area contributed by atoms with Gasteiger partial charge in [0.2, 0.25) is 0 Å². The molecule has 0 radical (unpaired) electrons. The Balaban J connectivity index is 1.76. The van der Waals surface area contributed by atoms with E-state index < -0.39 is 0 Å². The maximum Gasteiger partial charge on any atom is 0.268 e. The highest BCUT2D eigenvalue weighted by Gasteiger charge is 2.22. The average molecular weight is 358 g/mol. The number of pyridine rings is 2. The van der Waals surface area contributed by atoms with Crippen LogP contribution in [0, 0.1) is 5.92 Å². The van der Waals surface area contributed by atoms with Gasteiger partial charge in [0.1, 0.15) is 5.65 Å². The molecule has 0 amide bonds. The van der Waals surface area contributed by atoms with Crippen LogP contribution in [0.1, 0.15) is 37.8 Å². The number of benzene rings is 1. The third-order valence-electron chi connectivity index (χ3n) is 5.75. The van der Waals surface area contributed by atoms with Gasteiger partial charge in [0.05, 0.1) is 22.3 Å². The maximum absolute atomic E-state index is 13.5. The molecule has 1 aliphatic carbocycles. The van der Waals surface area contributed by atoms with Gasteiger partial charge in [-0.05, 0) is 36.6 Å². The Bertz CT molecular complexity index is 1150. The van der Waals surface area contributed by atoms with Gasteiger partial charge in [-0.1, -0.05) is 50.3 Å². The molecule has 3 heterocycles. The summed E-state index contributed by atoms with van der Waals surface area (Å²) < 4.78 is 1.72. The molecule has 3 aromatic heterocycles. The number of nitrogens with one attached hydrogen (secondary N) is 1. The summed E-state index contributed by atoms with van der Waals surface area (Å²) in [4.78, 5) is 18.0. The van der Waals surface area contributed by atoms with Crippen molar-refractivity contribution in [2.24, 2.45) is 5.92 Å². The van der Waals surface area contributed by atoms with E-state index in [0.29, 0.717) is 17.0 Å². The number of aromatic nitrogens is 4. The van der Waals surface area contributed by atoms with E-state index in [1.807, 2.05) is 42.5 Å². The van der Waals surface area contributed by atoms with Crippen LogP contribution in [0.2, 0.25) is 0 Å². The molecule has 1 aliphatic rings. The van der Waals surface area contributed by atoms with Crippen molar-refractivity contribution in [2.45, 2.75) is 38.5 Å². The Morgan fingerprint density at radius 2 is 1.85 bits per heavy atom. The molecule has 4 aromatic rings. The fourth-order valence-electron chi connectivity index (χ4n) is 4.41. The normalized spacial score (nSPS) is 15.6. The minimum Gasteiger partial charge on any atom is -0.277 e. The quantitative estimate of drug-likeness (QED) is 0.591. The highest BCUT2D eigenvalue weighted by atomic mass is 16.1. The number of nitrogens with zero attached hydrogens (tertiary/aromatic N) is 3. The first kappa shape index (κ1) is 16.2. The van der Waals surface area contributed by atoms with Gasteiger partial charge in [-0.25, -0.2) is 4.98 Å². The van der Waals surface area contributed by atoms with Crippen molar-refractivity contribution in [3.8, 4) is 5.69 Å². The lowest BCUT2D eigenvalue weighted by atomic mass is 9.86. The van der Waals surface area contributed by atoms with Crippen LogP contribution in [-0.4, -0.2) is 19.7 Å². The molecule has 0 aliphatic heterocycles. The zero-order valence-electron chi connectivity index (χ0n) is 15.2. The van der Waals surface area contributed by atoms with Gasteiger partial charge in [0.15, 0.2) is 0 Å². The second-order valence-electron chi connectivity index (χ2n) is 7.48. The van der Waals surface area contributed by atoms with Gasteiger partial charge in [-0.2, -0.15) is 5.10 Å². The number of rotatable bonds is 3. The third kappa shape index (κ3) is 2.74. The van der Waals surface area contributed by atoms with Gasteiger partial charge >= 0.3 is 0 Å². The van der Waals surface area contributed by atoms with Crippen LogP contribution >= 0.6 is 0 Å². The second-order valence-corrected chi connectivity index (χ2v) is 7.48. The second kappa shape index (κ2) is 6.65. The van der Waals surface area contributed by atoms with Crippen LogP contribution in [0.4, 0.5) is 0 Å². The zero-order valence-corrected chi connectivity index (χ0v) is 15.2. The van der Waals surface area contributed by atoms with E-state index in [-0.39, 0.29) is 5.56 Å². The molecule has 0 atom stereocenters. The van der Waals surface area contributed by atoms with Crippen LogP contribution in [0.3, 0.4) is 0 Å². The molecule has 0 saturated heterocycles. The van der Waals surface area contributed by atoms with Crippen LogP contribution in [0.5, 0.6) is 0 Å². The first-order chi connectivity index (χ1) is 13.3. The largest absolute Gasteiger partial charge is 0.277 e. The van der Waals surface area contributed by atoms with E-state index >= 15 is 0 Å². The van der Waals surface area contributed by atoms with Crippen molar-refractivity contribution in [3.63, 3.8) is 0 Å². The third-order valence-corrected chi connectivity index (χ3v) is 5.75. The van der Waals surface area contributed by atoms with Gasteiger partial charge in [0.25, 0.3) is 5.56 Å². The van der Waals surface area contributed by atoms with E-state index in [1.165, 1.54) is 32.1 Å². The molecule has 5 nitrogen and oxygen atoms in total. The van der Waals surface area contributed by atoms with E-state index in [2.05, 4.69) is 15.2 Å². The fourth-order valence-corrected chi connectivity index (χ4v) is 4.41. The summed E-state index contributed by atoms with van der Waals surface area (Å²) in [6.07, 6.45) is 8.96. The Hall–Kier alpha value is -2.95. The fraction of sp³-hybridized carbons (Fsp3) is 0.318. The minimum absolute atomic E-state index is 0.0399. The number of fused-ring (bicyclic) bond motifs is 3. The Morgan fingerprint density at radius 1 is 1.04 bits per heavy atom. The molecule has 136 valence electrons. The lowest BCUT2D eigenvalue weighted by Crippen LogP contribution is -2.21. The van der Waals surface area contributed by atoms with Crippen LogP contribution in [0.25, 0.3) is 27.6 Å². The molecule has 0 bridgehead atoms. The molecule has 0 spiro atoms. The molecular weight excluding hydrogens is 336 g/mol. The Labute approximate surface area is 157 Å². The maximum atomic E-state index is 13.5. The highest BCUT2D eigenvalue weighted by Crippen LogP contribution is 2.29. The van der Waals surface area contributed by atoms with Gasteiger partial charge in [-0.15, -0.1) is 0 Å². The Kier molecular flexibility index (Phi) is 4.00. The van der Waals surface area contributed by atoms with E-state index in [4.69, 9.17) is 0 Å². The van der Waals surface area contributed by atoms with Crippen molar-refractivity contribution < 1.29 is 0 Å². The SMILES string of the molecule is O=c1c2c(CC3CCCCC3)n[nH]c2c2cccnc2n1-c1ccccc1. The number of para-hydroxylation sites is 1. The standard InChI is InChI=1S/C22H22N4O/c27-22-19-18(14-15-8-3-1-4-9-15)24-25-20(19)17-12-7-13-23-21(17)26(22)16-10-5-2-6-11-16/h2,5-7,10-13,15H,1,3-4,8-9,14H2,(H,24,25). The molecule has 5 heteroatoms. The summed E-state index contributed by atoms with van der Waals surface area (Å²) in [5.74, 6) is 0.624. The molecule has 0 unspecified atom stereocenters. The lowest BCUT2D eigenvalue weighted by molar-refractivity contribution is 0.355. The number of hydrogen-bond acceptors (Lipinski definition) is 3. The van der Waals surface area contributed by atoms with E-state index in [1.54, 1.807) is 10.8 Å². The molecule has 1 aromatic carbocycles. The zero-order chi connectivity index (χ0) is 18.2. The predicted molar refractivity (Wildman–Crippen MR) is 107 cm³/mol. The van der Waals surface area contributed by atoms with E-state index in [0.717, 1.165) is 28.7 Å². The van der Waals surface area contributed by atoms with Crippen molar-refractivity contribution in [1.29, 1.82) is 0 Å². The van der Waals surface area contributed by atoms with Crippen molar-refractivity contribution >= 4 is 21.9 Å². The molecule has 1 fully saturated rings. The molecular formula is C22H22N4O. The van der Waals surface area contributed by atoms with Crippen LogP contribution in [0.15, 0.2) is 53.5 Å². The van der Waals surface area contributed by atoms with Crippen molar-refractivity contribution in [3.05, 3.63) is 64.7 Å². The first-order valence-corrected chi connectivity index (χ1v) is 9.75. The average Bonchev–Trinajstić information content (AvgIpc) is 3.14. The van der Waals surface area contributed by atoms with Crippen molar-refractivity contribution in [1.82, 2.24) is 19.7 Å². The topological polar surface area (TPSA) is 63.6 Å². The van der Waals surface area contributed by atoms with E-state index in [9.17, 15) is 4.79 Å². The molecule has 27 heavy (non-hydrogen) atoms. The molecule has 1 saturated carbocycles. The summed E-state index contributed by atoms with van der Waals surface area (Å²) in [5, 5.41) is 9.35. The first-order valence-electron chi connectivity index (χ1n) is 9.75. The Morgan fingerprint density at radius 3 is 2.67 bits per heavy atom. The predicted octanol–water partition coefficient (Wildman–Crippen LogP) is 4.38. The summed E-state index contributed by atoms with van der Waals surface area (Å²) in [5.41, 5.74) is 3.16. The number of hydrogen-bond donors (Lipinski definition) is 1. The number of aromatic amines is 1. The monoisotopic (exact) mass is 358 g/mol. The number of H-pyrrole nitrogens is 1.